The Balaban J connectivity index is 1.41. The monoisotopic (exact) mass is 302 g/mol. The van der Waals surface area contributed by atoms with Gasteiger partial charge >= 0.3 is 0 Å². The zero-order valence-electron chi connectivity index (χ0n) is 12.4. The highest BCUT2D eigenvalue weighted by Gasteiger charge is 2.46. The molecule has 21 heavy (non-hydrogen) atoms. The Morgan fingerprint density at radius 1 is 1.14 bits per heavy atom. The van der Waals surface area contributed by atoms with Gasteiger partial charge in [0.25, 0.3) is 0 Å². The summed E-state index contributed by atoms with van der Waals surface area (Å²) in [5, 5.41) is 6.00. The first-order valence-corrected chi connectivity index (χ1v) is 9.24. The van der Waals surface area contributed by atoms with Crippen molar-refractivity contribution < 1.29 is 0 Å². The second kappa shape index (κ2) is 4.45. The fraction of sp³-hybridized carbons (Fsp3) is 0.750. The van der Waals surface area contributed by atoms with E-state index in [9.17, 15) is 0 Å². The Bertz CT molecular complexity index is 631. The van der Waals surface area contributed by atoms with Gasteiger partial charge in [0.1, 0.15) is 0 Å². The van der Waals surface area contributed by atoms with Gasteiger partial charge in [-0.05, 0) is 43.9 Å². The van der Waals surface area contributed by atoms with Crippen molar-refractivity contribution in [2.24, 2.45) is 5.41 Å². The lowest BCUT2D eigenvalue weighted by atomic mass is 9.96. The second-order valence-corrected chi connectivity index (χ2v) is 8.22. The van der Waals surface area contributed by atoms with Gasteiger partial charge in [0, 0.05) is 19.0 Å². The van der Waals surface area contributed by atoms with E-state index < -0.39 is 0 Å². The summed E-state index contributed by atoms with van der Waals surface area (Å²) in [6.45, 7) is 2.40. The molecule has 1 saturated heterocycles. The number of fused-ring (bicyclic) bond motifs is 1. The maximum Gasteiger partial charge on any atom is 0.214 e. The third-order valence-corrected chi connectivity index (χ3v) is 6.70. The summed E-state index contributed by atoms with van der Waals surface area (Å²) in [4.78, 5) is 8.45. The van der Waals surface area contributed by atoms with E-state index in [0.717, 1.165) is 4.96 Å². The molecule has 4 nitrogen and oxygen atoms in total. The van der Waals surface area contributed by atoms with Gasteiger partial charge in [0.15, 0.2) is 0 Å². The average Bonchev–Trinajstić information content (AvgIpc) is 2.95. The van der Waals surface area contributed by atoms with Crippen LogP contribution in [-0.2, 0) is 0 Å². The van der Waals surface area contributed by atoms with Crippen LogP contribution >= 0.6 is 11.3 Å². The van der Waals surface area contributed by atoms with E-state index in [1.165, 1.54) is 75.3 Å². The van der Waals surface area contributed by atoms with Gasteiger partial charge in [-0.3, -0.25) is 0 Å². The molecular weight excluding hydrogens is 280 g/mol. The summed E-state index contributed by atoms with van der Waals surface area (Å²) >= 11 is 1.78. The third-order valence-electron chi connectivity index (χ3n) is 5.71. The fourth-order valence-electron chi connectivity index (χ4n) is 4.21. The van der Waals surface area contributed by atoms with Crippen LogP contribution < -0.4 is 4.90 Å². The molecule has 1 spiro atoms. The number of nitrogens with zero attached hydrogens (tertiary/aromatic N) is 4. The minimum Gasteiger partial charge on any atom is -0.346 e. The summed E-state index contributed by atoms with van der Waals surface area (Å²) < 4.78 is 2.03. The highest BCUT2D eigenvalue weighted by molar-refractivity contribution is 7.20. The Kier molecular flexibility index (Phi) is 2.64. The Hall–Kier alpha value is -1.10. The highest BCUT2D eigenvalue weighted by atomic mass is 32.1. The Morgan fingerprint density at radius 3 is 2.76 bits per heavy atom. The summed E-state index contributed by atoms with van der Waals surface area (Å²) in [5.41, 5.74) is 1.93. The zero-order valence-corrected chi connectivity index (χ0v) is 13.2. The van der Waals surface area contributed by atoms with Gasteiger partial charge < -0.3 is 4.90 Å². The van der Waals surface area contributed by atoms with Crippen LogP contribution in [0, 0.1) is 5.41 Å². The molecule has 1 aliphatic heterocycles. The molecule has 3 heterocycles. The van der Waals surface area contributed by atoms with Crippen molar-refractivity contribution in [3.63, 3.8) is 0 Å². The number of hydrogen-bond acceptors (Lipinski definition) is 4. The first-order valence-electron chi connectivity index (χ1n) is 8.42. The summed E-state index contributed by atoms with van der Waals surface area (Å²) in [6, 6.07) is 0. The predicted octanol–water partition coefficient (Wildman–Crippen LogP) is 3.83. The van der Waals surface area contributed by atoms with Crippen LogP contribution in [0.3, 0.4) is 0 Å². The molecule has 0 N–H and O–H groups in total. The quantitative estimate of drug-likeness (QED) is 0.845. The molecule has 0 bridgehead atoms. The standard InChI is InChI=1S/C16H22N4S/c1-2-5-12(4-1)13-10-20-14(17-13)21-15(18-20)19-9-3-6-16(11-19)7-8-16/h10,12H,1-9,11H2. The molecule has 0 aromatic carbocycles. The molecule has 2 aromatic heterocycles. The molecule has 0 amide bonds. The van der Waals surface area contributed by atoms with Crippen LogP contribution in [0.1, 0.15) is 63.0 Å². The molecule has 2 aromatic rings. The maximum absolute atomic E-state index is 4.85. The lowest BCUT2D eigenvalue weighted by Crippen LogP contribution is -2.36. The number of aromatic nitrogens is 3. The smallest absolute Gasteiger partial charge is 0.214 e. The molecule has 3 fully saturated rings. The van der Waals surface area contributed by atoms with Crippen LogP contribution in [0.5, 0.6) is 0 Å². The number of hydrogen-bond donors (Lipinski definition) is 0. The van der Waals surface area contributed by atoms with E-state index in [1.54, 1.807) is 11.3 Å². The molecule has 0 atom stereocenters. The minimum absolute atomic E-state index is 0.654. The van der Waals surface area contributed by atoms with Gasteiger partial charge in [0.05, 0.1) is 11.9 Å². The largest absolute Gasteiger partial charge is 0.346 e. The highest BCUT2D eigenvalue weighted by Crippen LogP contribution is 2.52. The fourth-order valence-corrected chi connectivity index (χ4v) is 5.12. The minimum atomic E-state index is 0.654. The van der Waals surface area contributed by atoms with E-state index in [2.05, 4.69) is 11.1 Å². The molecule has 2 aliphatic carbocycles. The van der Waals surface area contributed by atoms with E-state index in [-0.39, 0.29) is 0 Å². The van der Waals surface area contributed by atoms with Crippen molar-refractivity contribution in [2.45, 2.75) is 57.3 Å². The topological polar surface area (TPSA) is 33.4 Å². The zero-order chi connectivity index (χ0) is 13.9. The van der Waals surface area contributed by atoms with Gasteiger partial charge in [0.2, 0.25) is 10.1 Å². The molecule has 2 saturated carbocycles. The van der Waals surface area contributed by atoms with E-state index in [4.69, 9.17) is 10.1 Å². The SMILES string of the molecule is c1c(C2CCCC2)nc2sc(N3CCCC4(CC4)C3)nn12. The van der Waals surface area contributed by atoms with Crippen LogP contribution in [0.25, 0.3) is 4.96 Å². The Morgan fingerprint density at radius 2 is 2.00 bits per heavy atom. The average molecular weight is 302 g/mol. The number of imidazole rings is 1. The van der Waals surface area contributed by atoms with Crippen LogP contribution in [-0.4, -0.2) is 27.7 Å². The second-order valence-electron chi connectivity index (χ2n) is 7.28. The maximum atomic E-state index is 4.85. The third kappa shape index (κ3) is 2.08. The molecular formula is C16H22N4S. The number of rotatable bonds is 2. The molecule has 5 heteroatoms. The van der Waals surface area contributed by atoms with Crippen LogP contribution in [0.15, 0.2) is 6.20 Å². The van der Waals surface area contributed by atoms with E-state index in [1.807, 2.05) is 4.52 Å². The van der Waals surface area contributed by atoms with Crippen LogP contribution in [0.4, 0.5) is 5.13 Å². The van der Waals surface area contributed by atoms with Crippen molar-refractivity contribution in [2.75, 3.05) is 18.0 Å². The van der Waals surface area contributed by atoms with Gasteiger partial charge in [-0.1, -0.05) is 24.2 Å². The normalized spacial score (nSPS) is 25.2. The molecule has 0 unspecified atom stereocenters. The Labute approximate surface area is 129 Å². The first-order chi connectivity index (χ1) is 10.3. The molecule has 3 aliphatic rings. The van der Waals surface area contributed by atoms with Crippen molar-refractivity contribution in [1.29, 1.82) is 0 Å². The summed E-state index contributed by atoms with van der Waals surface area (Å²) in [6.07, 6.45) is 13.2. The van der Waals surface area contributed by atoms with Crippen molar-refractivity contribution in [3.8, 4) is 0 Å². The van der Waals surface area contributed by atoms with Gasteiger partial charge in [-0.25, -0.2) is 9.50 Å². The predicted molar refractivity (Wildman–Crippen MR) is 85.2 cm³/mol. The number of piperidine rings is 1. The van der Waals surface area contributed by atoms with Gasteiger partial charge in [-0.15, -0.1) is 5.10 Å². The lowest BCUT2D eigenvalue weighted by molar-refractivity contribution is 0.394. The van der Waals surface area contributed by atoms with Crippen LogP contribution in [0.2, 0.25) is 0 Å². The summed E-state index contributed by atoms with van der Waals surface area (Å²) in [5.74, 6) is 0.687. The lowest BCUT2D eigenvalue weighted by Gasteiger charge is -2.32. The van der Waals surface area contributed by atoms with E-state index in [0.29, 0.717) is 11.3 Å². The summed E-state index contributed by atoms with van der Waals surface area (Å²) in [7, 11) is 0. The van der Waals surface area contributed by atoms with Crippen molar-refractivity contribution in [3.05, 3.63) is 11.9 Å². The van der Waals surface area contributed by atoms with Gasteiger partial charge in [-0.2, -0.15) is 0 Å². The van der Waals surface area contributed by atoms with E-state index >= 15 is 0 Å². The van der Waals surface area contributed by atoms with Crippen molar-refractivity contribution >= 4 is 21.4 Å². The molecule has 0 radical (unpaired) electrons. The number of anilines is 1. The molecule has 112 valence electrons. The first kappa shape index (κ1) is 12.4. The molecule has 5 rings (SSSR count). The van der Waals surface area contributed by atoms with Crippen molar-refractivity contribution in [1.82, 2.24) is 14.6 Å².